The van der Waals surface area contributed by atoms with Gasteiger partial charge in [-0.3, -0.25) is 9.59 Å². The molecule has 1 aromatic rings. The first-order valence-corrected chi connectivity index (χ1v) is 5.30. The summed E-state index contributed by atoms with van der Waals surface area (Å²) in [4.78, 5) is 21.8. The fourth-order valence-corrected chi connectivity index (χ4v) is 1.47. The molecule has 16 heavy (non-hydrogen) atoms. The van der Waals surface area contributed by atoms with Crippen LogP contribution in [0.2, 0.25) is 0 Å². The van der Waals surface area contributed by atoms with Crippen molar-refractivity contribution in [2.75, 3.05) is 10.6 Å². The molecule has 1 aromatic carbocycles. The molecule has 0 aliphatic heterocycles. The molecule has 2 amide bonds. The first-order valence-electron chi connectivity index (χ1n) is 4.76. The molecule has 86 valence electrons. The van der Waals surface area contributed by atoms with E-state index in [9.17, 15) is 9.59 Å². The van der Waals surface area contributed by atoms with Gasteiger partial charge >= 0.3 is 0 Å². The van der Waals surface area contributed by atoms with E-state index < -0.39 is 0 Å². The predicted molar refractivity (Wildman–Crippen MR) is 64.6 cm³/mol. The number of hydrogen-bond donors (Lipinski definition) is 2. The van der Waals surface area contributed by atoms with E-state index >= 15 is 0 Å². The van der Waals surface area contributed by atoms with Crippen molar-refractivity contribution in [3.63, 3.8) is 0 Å². The van der Waals surface area contributed by atoms with Gasteiger partial charge in [-0.2, -0.15) is 0 Å². The summed E-state index contributed by atoms with van der Waals surface area (Å²) >= 11 is 5.72. The molecule has 1 rings (SSSR count). The largest absolute Gasteiger partial charge is 0.326 e. The molecule has 0 radical (unpaired) electrons. The number of amides is 2. The summed E-state index contributed by atoms with van der Waals surface area (Å²) in [6, 6.07) is 5.21. The zero-order chi connectivity index (χ0) is 12.1. The summed E-state index contributed by atoms with van der Waals surface area (Å²) in [6.45, 7) is 2.84. The normalized spacial score (nSPS) is 9.69. The van der Waals surface area contributed by atoms with Gasteiger partial charge in [0.15, 0.2) is 0 Å². The highest BCUT2D eigenvalue weighted by molar-refractivity contribution is 6.17. The fourth-order valence-electron chi connectivity index (χ4n) is 1.32. The number of halogens is 1. The average Bonchev–Trinajstić information content (AvgIpc) is 2.14. The Morgan fingerprint density at radius 3 is 1.81 bits per heavy atom. The highest BCUT2D eigenvalue weighted by Crippen LogP contribution is 2.20. The van der Waals surface area contributed by atoms with Crippen LogP contribution >= 0.6 is 11.6 Å². The third-order valence-corrected chi connectivity index (χ3v) is 2.10. The van der Waals surface area contributed by atoms with E-state index in [-0.39, 0.29) is 11.8 Å². The van der Waals surface area contributed by atoms with E-state index in [0.29, 0.717) is 17.3 Å². The van der Waals surface area contributed by atoms with E-state index in [0.717, 1.165) is 5.56 Å². The fraction of sp³-hybridized carbons (Fsp3) is 0.273. The van der Waals surface area contributed by atoms with Crippen LogP contribution in [0.3, 0.4) is 0 Å². The lowest BCUT2D eigenvalue weighted by atomic mass is 10.2. The molecule has 0 heterocycles. The van der Waals surface area contributed by atoms with Gasteiger partial charge in [-0.25, -0.2) is 0 Å². The van der Waals surface area contributed by atoms with Crippen LogP contribution in [0, 0.1) is 0 Å². The molecule has 0 spiro atoms. The smallest absolute Gasteiger partial charge is 0.221 e. The Morgan fingerprint density at radius 2 is 1.50 bits per heavy atom. The lowest BCUT2D eigenvalue weighted by Gasteiger charge is -2.09. The quantitative estimate of drug-likeness (QED) is 0.797. The summed E-state index contributed by atoms with van der Waals surface area (Å²) in [6.07, 6.45) is 0. The molecular weight excluding hydrogens is 228 g/mol. The topological polar surface area (TPSA) is 58.2 Å². The first-order chi connectivity index (χ1) is 7.51. The minimum absolute atomic E-state index is 0.166. The minimum Gasteiger partial charge on any atom is -0.326 e. The van der Waals surface area contributed by atoms with Gasteiger partial charge < -0.3 is 10.6 Å². The van der Waals surface area contributed by atoms with Crippen LogP contribution in [-0.2, 0) is 15.5 Å². The maximum atomic E-state index is 10.9. The zero-order valence-electron chi connectivity index (χ0n) is 9.13. The SMILES string of the molecule is CC(=O)Nc1cc(CCl)cc(NC(C)=O)c1. The van der Waals surface area contributed by atoms with Gasteiger partial charge in [0.05, 0.1) is 0 Å². The number of anilines is 2. The van der Waals surface area contributed by atoms with Gasteiger partial charge in [0.1, 0.15) is 0 Å². The Balaban J connectivity index is 3.00. The summed E-state index contributed by atoms with van der Waals surface area (Å²) < 4.78 is 0. The van der Waals surface area contributed by atoms with Crippen molar-refractivity contribution >= 4 is 34.8 Å². The van der Waals surface area contributed by atoms with Gasteiger partial charge in [0, 0.05) is 31.1 Å². The van der Waals surface area contributed by atoms with Crippen LogP contribution in [-0.4, -0.2) is 11.8 Å². The lowest BCUT2D eigenvalue weighted by Crippen LogP contribution is -2.09. The highest BCUT2D eigenvalue weighted by atomic mass is 35.5. The molecule has 4 nitrogen and oxygen atoms in total. The van der Waals surface area contributed by atoms with Gasteiger partial charge in [-0.1, -0.05) is 0 Å². The standard InChI is InChI=1S/C11H13ClN2O2/c1-7(15)13-10-3-9(6-12)4-11(5-10)14-8(2)16/h3-5H,6H2,1-2H3,(H,13,15)(H,14,16). The highest BCUT2D eigenvalue weighted by Gasteiger charge is 2.03. The molecule has 0 aliphatic carbocycles. The maximum Gasteiger partial charge on any atom is 0.221 e. The number of rotatable bonds is 3. The van der Waals surface area contributed by atoms with Crippen molar-refractivity contribution in [1.29, 1.82) is 0 Å². The molecule has 0 aromatic heterocycles. The van der Waals surface area contributed by atoms with Crippen molar-refractivity contribution < 1.29 is 9.59 Å². The van der Waals surface area contributed by atoms with Gasteiger partial charge in [-0.15, -0.1) is 11.6 Å². The van der Waals surface area contributed by atoms with Crippen LogP contribution in [0.1, 0.15) is 19.4 Å². The van der Waals surface area contributed by atoms with Crippen molar-refractivity contribution in [1.82, 2.24) is 0 Å². The van der Waals surface area contributed by atoms with Crippen LogP contribution < -0.4 is 10.6 Å². The Kier molecular flexibility index (Phi) is 4.31. The Labute approximate surface area is 99.0 Å². The minimum atomic E-state index is -0.166. The number of hydrogen-bond acceptors (Lipinski definition) is 2. The second kappa shape index (κ2) is 5.51. The van der Waals surface area contributed by atoms with E-state index in [1.165, 1.54) is 13.8 Å². The number of carbonyl (C=O) groups is 2. The number of nitrogens with one attached hydrogen (secondary N) is 2. The molecule has 0 saturated heterocycles. The Hall–Kier alpha value is -1.55. The molecule has 0 aliphatic rings. The number of benzene rings is 1. The Morgan fingerprint density at radius 1 is 1.06 bits per heavy atom. The van der Waals surface area contributed by atoms with E-state index in [1.54, 1.807) is 18.2 Å². The molecule has 0 fully saturated rings. The molecule has 0 atom stereocenters. The molecule has 5 heteroatoms. The van der Waals surface area contributed by atoms with Crippen LogP contribution in [0.25, 0.3) is 0 Å². The van der Waals surface area contributed by atoms with E-state index in [2.05, 4.69) is 10.6 Å². The summed E-state index contributed by atoms with van der Waals surface area (Å²) in [5.41, 5.74) is 2.07. The molecule has 0 saturated carbocycles. The number of carbonyl (C=O) groups excluding carboxylic acids is 2. The van der Waals surface area contributed by atoms with Gasteiger partial charge in [0.25, 0.3) is 0 Å². The molecule has 0 unspecified atom stereocenters. The Bertz CT molecular complexity index is 384. The summed E-state index contributed by atoms with van der Waals surface area (Å²) in [7, 11) is 0. The number of alkyl halides is 1. The molecule has 0 bridgehead atoms. The van der Waals surface area contributed by atoms with Crippen molar-refractivity contribution in [2.24, 2.45) is 0 Å². The van der Waals surface area contributed by atoms with E-state index in [1.807, 2.05) is 0 Å². The average molecular weight is 241 g/mol. The maximum absolute atomic E-state index is 10.9. The van der Waals surface area contributed by atoms with Crippen LogP contribution in [0.15, 0.2) is 18.2 Å². The summed E-state index contributed by atoms with van der Waals surface area (Å²) in [5.74, 6) is -0.0130. The first kappa shape index (κ1) is 12.5. The second-order valence-corrected chi connectivity index (χ2v) is 3.68. The van der Waals surface area contributed by atoms with Gasteiger partial charge in [0.2, 0.25) is 11.8 Å². The lowest BCUT2D eigenvalue weighted by molar-refractivity contribution is -0.115. The van der Waals surface area contributed by atoms with Crippen molar-refractivity contribution in [2.45, 2.75) is 19.7 Å². The second-order valence-electron chi connectivity index (χ2n) is 3.41. The van der Waals surface area contributed by atoms with E-state index in [4.69, 9.17) is 11.6 Å². The van der Waals surface area contributed by atoms with Gasteiger partial charge in [-0.05, 0) is 23.8 Å². The summed E-state index contributed by atoms with van der Waals surface area (Å²) in [5, 5.41) is 5.29. The molecule has 2 N–H and O–H groups in total. The molecular formula is C11H13ClN2O2. The zero-order valence-corrected chi connectivity index (χ0v) is 9.89. The van der Waals surface area contributed by atoms with Crippen molar-refractivity contribution in [3.8, 4) is 0 Å². The van der Waals surface area contributed by atoms with Crippen LogP contribution in [0.5, 0.6) is 0 Å². The monoisotopic (exact) mass is 240 g/mol. The predicted octanol–water partition coefficient (Wildman–Crippen LogP) is 2.34. The third-order valence-electron chi connectivity index (χ3n) is 1.79. The van der Waals surface area contributed by atoms with Crippen molar-refractivity contribution in [3.05, 3.63) is 23.8 Å². The van der Waals surface area contributed by atoms with Crippen LogP contribution in [0.4, 0.5) is 11.4 Å². The third kappa shape index (κ3) is 3.90.